The number of fused-ring (bicyclic) bond motifs is 1. The second-order valence-electron chi connectivity index (χ2n) is 8.51. The first-order valence-electron chi connectivity index (χ1n) is 10.9. The number of amides is 2. The molecule has 1 aromatic heterocycles. The summed E-state index contributed by atoms with van der Waals surface area (Å²) in [5, 5.41) is 11.1. The van der Waals surface area contributed by atoms with Gasteiger partial charge in [0.2, 0.25) is 5.95 Å². The highest BCUT2D eigenvalue weighted by atomic mass is 35.5. The summed E-state index contributed by atoms with van der Waals surface area (Å²) in [4.78, 5) is 23.9. The van der Waals surface area contributed by atoms with Gasteiger partial charge < -0.3 is 20.9 Å². The maximum Gasteiger partial charge on any atom is 0.319 e. The molecule has 3 N–H and O–H groups in total. The van der Waals surface area contributed by atoms with Gasteiger partial charge in [0.05, 0.1) is 16.2 Å². The molecule has 0 atom stereocenters. The zero-order chi connectivity index (χ0) is 22.7. The van der Waals surface area contributed by atoms with E-state index in [0.29, 0.717) is 16.7 Å². The summed E-state index contributed by atoms with van der Waals surface area (Å²) >= 11 is 6.21. The number of urea groups is 1. The van der Waals surface area contributed by atoms with Crippen LogP contribution in [0.2, 0.25) is 5.02 Å². The summed E-state index contributed by atoms with van der Waals surface area (Å²) in [6.45, 7) is 1.93. The minimum absolute atomic E-state index is 0.130. The monoisotopic (exact) mass is 452 g/mol. The lowest BCUT2D eigenvalue weighted by molar-refractivity contribution is 0.243. The average molecular weight is 453 g/mol. The number of anilines is 3. The van der Waals surface area contributed by atoms with E-state index in [1.807, 2.05) is 62.3 Å². The van der Waals surface area contributed by atoms with Crippen molar-refractivity contribution in [1.82, 2.24) is 15.3 Å². The number of carbonyl (C=O) groups excluding carboxylic acids is 1. The minimum Gasteiger partial charge on any atom is -0.362 e. The fourth-order valence-corrected chi connectivity index (χ4v) is 4.42. The molecule has 0 radical (unpaired) electrons. The number of rotatable bonds is 5. The van der Waals surface area contributed by atoms with Crippen LogP contribution in [0, 0.1) is 6.92 Å². The Morgan fingerprint density at radius 2 is 1.72 bits per heavy atom. The van der Waals surface area contributed by atoms with E-state index < -0.39 is 0 Å². The lowest BCUT2D eigenvalue weighted by atomic mass is 9.91. The van der Waals surface area contributed by atoms with Crippen molar-refractivity contribution < 1.29 is 4.79 Å². The first kappa shape index (κ1) is 22.1. The Balaban J connectivity index is 1.34. The number of nitrogens with zero attached hydrogens (tertiary/aromatic N) is 3. The number of aryl methyl sites for hydroxylation is 1. The van der Waals surface area contributed by atoms with E-state index >= 15 is 0 Å². The molecular formula is C24H29ClN6O. The molecule has 3 aromatic rings. The number of aromatic nitrogens is 2. The van der Waals surface area contributed by atoms with E-state index in [1.165, 1.54) is 0 Å². The van der Waals surface area contributed by atoms with Crippen LogP contribution in [0.1, 0.15) is 31.2 Å². The molecule has 2 aromatic carbocycles. The van der Waals surface area contributed by atoms with Gasteiger partial charge in [-0.25, -0.2) is 9.78 Å². The zero-order valence-corrected chi connectivity index (χ0v) is 19.4. The maximum atomic E-state index is 12.5. The number of hydrogen-bond acceptors (Lipinski definition) is 5. The predicted molar refractivity (Wildman–Crippen MR) is 132 cm³/mol. The number of nitrogens with one attached hydrogen (secondary N) is 3. The Kier molecular flexibility index (Phi) is 6.65. The van der Waals surface area contributed by atoms with Crippen LogP contribution in [-0.4, -0.2) is 42.2 Å². The Morgan fingerprint density at radius 3 is 2.44 bits per heavy atom. The van der Waals surface area contributed by atoms with Gasteiger partial charge >= 0.3 is 6.03 Å². The van der Waals surface area contributed by atoms with Crippen molar-refractivity contribution in [2.24, 2.45) is 0 Å². The summed E-state index contributed by atoms with van der Waals surface area (Å²) in [5.41, 5.74) is 2.52. The van der Waals surface area contributed by atoms with Gasteiger partial charge in [0.25, 0.3) is 0 Å². The van der Waals surface area contributed by atoms with Gasteiger partial charge in [0.15, 0.2) is 0 Å². The summed E-state index contributed by atoms with van der Waals surface area (Å²) in [5.74, 6) is 1.55. The fourth-order valence-electron chi connectivity index (χ4n) is 4.16. The lowest BCUT2D eigenvalue weighted by Crippen LogP contribution is -2.42. The molecular weight excluding hydrogens is 424 g/mol. The van der Waals surface area contributed by atoms with E-state index in [9.17, 15) is 4.79 Å². The molecule has 1 heterocycles. The molecule has 0 unspecified atom stereocenters. The van der Waals surface area contributed by atoms with Crippen LogP contribution in [0.15, 0.2) is 42.5 Å². The van der Waals surface area contributed by atoms with E-state index in [4.69, 9.17) is 21.6 Å². The number of carbonyl (C=O) groups is 1. The van der Waals surface area contributed by atoms with Crippen molar-refractivity contribution in [2.75, 3.05) is 29.6 Å². The van der Waals surface area contributed by atoms with Gasteiger partial charge in [-0.1, -0.05) is 35.9 Å². The smallest absolute Gasteiger partial charge is 0.319 e. The standard InChI is InChI=1S/C24H29ClN6O/c1-15-7-6-9-19(25)21(15)29-24(32)27-17-13-11-16(12-14-17)26-23-28-20-10-5-4-8-18(20)22(30-23)31(2)3/h4-10,16-17H,11-14H2,1-3H3,(H,26,28,30)(H2,27,29,32). The molecule has 8 heteroatoms. The fraction of sp³-hybridized carbons (Fsp3) is 0.375. The summed E-state index contributed by atoms with van der Waals surface area (Å²) < 4.78 is 0. The number of para-hydroxylation sites is 2. The lowest BCUT2D eigenvalue weighted by Gasteiger charge is -2.30. The maximum absolute atomic E-state index is 12.5. The van der Waals surface area contributed by atoms with Gasteiger partial charge in [0.1, 0.15) is 5.82 Å². The van der Waals surface area contributed by atoms with E-state index in [-0.39, 0.29) is 18.1 Å². The molecule has 0 aliphatic heterocycles. The van der Waals surface area contributed by atoms with Crippen LogP contribution in [0.3, 0.4) is 0 Å². The van der Waals surface area contributed by atoms with E-state index in [2.05, 4.69) is 16.0 Å². The molecule has 7 nitrogen and oxygen atoms in total. The Bertz CT molecular complexity index is 1090. The highest BCUT2D eigenvalue weighted by Gasteiger charge is 2.24. The minimum atomic E-state index is -0.217. The third-order valence-electron chi connectivity index (χ3n) is 5.86. The second-order valence-corrected chi connectivity index (χ2v) is 8.91. The summed E-state index contributed by atoms with van der Waals surface area (Å²) in [6, 6.07) is 13.8. The summed E-state index contributed by atoms with van der Waals surface area (Å²) in [7, 11) is 3.98. The highest BCUT2D eigenvalue weighted by Crippen LogP contribution is 2.27. The van der Waals surface area contributed by atoms with Crippen molar-refractivity contribution in [2.45, 2.75) is 44.7 Å². The van der Waals surface area contributed by atoms with Gasteiger partial charge in [-0.15, -0.1) is 0 Å². The van der Waals surface area contributed by atoms with Crippen molar-refractivity contribution in [3.05, 3.63) is 53.1 Å². The molecule has 1 fully saturated rings. The molecule has 1 aliphatic rings. The predicted octanol–water partition coefficient (Wildman–Crippen LogP) is 5.20. The van der Waals surface area contributed by atoms with Crippen LogP contribution in [-0.2, 0) is 0 Å². The van der Waals surface area contributed by atoms with Gasteiger partial charge in [0, 0.05) is 31.6 Å². The van der Waals surface area contributed by atoms with Crippen LogP contribution in [0.25, 0.3) is 10.9 Å². The molecule has 0 spiro atoms. The SMILES string of the molecule is Cc1cccc(Cl)c1NC(=O)NC1CCC(Nc2nc(N(C)C)c3ccccc3n2)CC1. The molecule has 32 heavy (non-hydrogen) atoms. The highest BCUT2D eigenvalue weighted by molar-refractivity contribution is 6.33. The first-order chi connectivity index (χ1) is 15.4. The normalized spacial score (nSPS) is 18.2. The third-order valence-corrected chi connectivity index (χ3v) is 6.18. The third kappa shape index (κ3) is 5.05. The topological polar surface area (TPSA) is 82.2 Å². The van der Waals surface area contributed by atoms with Crippen LogP contribution >= 0.6 is 11.6 Å². The van der Waals surface area contributed by atoms with Crippen molar-refractivity contribution in [1.29, 1.82) is 0 Å². The zero-order valence-electron chi connectivity index (χ0n) is 18.7. The Labute approximate surface area is 193 Å². The van der Waals surface area contributed by atoms with Gasteiger partial charge in [-0.3, -0.25) is 0 Å². The van der Waals surface area contributed by atoms with Crippen molar-refractivity contribution >= 4 is 46.0 Å². The van der Waals surface area contributed by atoms with Crippen LogP contribution < -0.4 is 20.9 Å². The molecule has 0 bridgehead atoms. The molecule has 1 saturated carbocycles. The largest absolute Gasteiger partial charge is 0.362 e. The Morgan fingerprint density at radius 1 is 1.00 bits per heavy atom. The quantitative estimate of drug-likeness (QED) is 0.495. The van der Waals surface area contributed by atoms with Crippen LogP contribution in [0.4, 0.5) is 22.2 Å². The number of hydrogen-bond donors (Lipinski definition) is 3. The van der Waals surface area contributed by atoms with Gasteiger partial charge in [-0.2, -0.15) is 4.98 Å². The molecule has 4 rings (SSSR count). The van der Waals surface area contributed by atoms with Crippen molar-refractivity contribution in [3.63, 3.8) is 0 Å². The number of halogens is 1. The molecule has 2 amide bonds. The van der Waals surface area contributed by atoms with E-state index in [0.717, 1.165) is 48.0 Å². The van der Waals surface area contributed by atoms with E-state index in [1.54, 1.807) is 6.07 Å². The Hall–Kier alpha value is -3.06. The van der Waals surface area contributed by atoms with Crippen LogP contribution in [0.5, 0.6) is 0 Å². The molecule has 0 saturated heterocycles. The molecule has 168 valence electrons. The second kappa shape index (κ2) is 9.61. The van der Waals surface area contributed by atoms with Crippen molar-refractivity contribution in [3.8, 4) is 0 Å². The number of benzene rings is 2. The molecule has 1 aliphatic carbocycles. The average Bonchev–Trinajstić information content (AvgIpc) is 2.77. The van der Waals surface area contributed by atoms with Gasteiger partial charge in [-0.05, 0) is 56.4 Å². The summed E-state index contributed by atoms with van der Waals surface area (Å²) in [6.07, 6.45) is 3.65. The first-order valence-corrected chi connectivity index (χ1v) is 11.3.